The van der Waals surface area contributed by atoms with Crippen LogP contribution in [-0.2, 0) is 6.54 Å². The molecule has 0 saturated carbocycles. The number of aryl methyl sites for hydroxylation is 1. The zero-order chi connectivity index (χ0) is 18.9. The highest BCUT2D eigenvalue weighted by molar-refractivity contribution is 5.42. The number of hydrogen-bond donors (Lipinski definition) is 2. The van der Waals surface area contributed by atoms with Gasteiger partial charge in [0.15, 0.2) is 0 Å². The fourth-order valence-corrected chi connectivity index (χ4v) is 2.54. The average molecular weight is 364 g/mol. The van der Waals surface area contributed by atoms with Gasteiger partial charge in [-0.25, -0.2) is 4.98 Å². The maximum absolute atomic E-state index is 5.72. The maximum Gasteiger partial charge on any atom is 0.225 e. The fraction of sp³-hybridized carbons (Fsp3) is 0.238. The highest BCUT2D eigenvalue weighted by Gasteiger charge is 2.03. The molecular weight excluding hydrogens is 340 g/mol. The topological polar surface area (TPSA) is 68.3 Å². The van der Waals surface area contributed by atoms with Crippen molar-refractivity contribution in [1.29, 1.82) is 0 Å². The molecule has 140 valence electrons. The number of benzene rings is 2. The molecule has 1 aromatic heterocycles. The molecule has 0 fully saturated rings. The summed E-state index contributed by atoms with van der Waals surface area (Å²) >= 11 is 0. The van der Waals surface area contributed by atoms with E-state index in [1.165, 1.54) is 5.56 Å². The second-order valence-electron chi connectivity index (χ2n) is 6.01. The molecule has 6 nitrogen and oxygen atoms in total. The van der Waals surface area contributed by atoms with Crippen LogP contribution < -0.4 is 20.1 Å². The van der Waals surface area contributed by atoms with Crippen LogP contribution in [0.15, 0.2) is 60.7 Å². The van der Waals surface area contributed by atoms with Gasteiger partial charge in [0.05, 0.1) is 13.7 Å². The second kappa shape index (κ2) is 9.43. The van der Waals surface area contributed by atoms with Gasteiger partial charge in [-0.2, -0.15) is 4.98 Å². The summed E-state index contributed by atoms with van der Waals surface area (Å²) in [5.41, 5.74) is 2.09. The van der Waals surface area contributed by atoms with Gasteiger partial charge >= 0.3 is 0 Å². The third-order valence-corrected chi connectivity index (χ3v) is 3.88. The first kappa shape index (κ1) is 18.5. The van der Waals surface area contributed by atoms with E-state index in [2.05, 4.69) is 32.7 Å². The number of aromatic nitrogens is 2. The Labute approximate surface area is 159 Å². The third-order valence-electron chi connectivity index (χ3n) is 3.88. The molecule has 2 N–H and O–H groups in total. The van der Waals surface area contributed by atoms with E-state index in [4.69, 9.17) is 9.47 Å². The molecule has 0 unspecified atom stereocenters. The highest BCUT2D eigenvalue weighted by atomic mass is 16.5. The number of methoxy groups -OCH3 is 1. The van der Waals surface area contributed by atoms with Crippen LogP contribution in [0.1, 0.15) is 11.3 Å². The second-order valence-corrected chi connectivity index (χ2v) is 6.01. The average Bonchev–Trinajstić information content (AvgIpc) is 2.70. The summed E-state index contributed by atoms with van der Waals surface area (Å²) in [4.78, 5) is 8.95. The van der Waals surface area contributed by atoms with Crippen molar-refractivity contribution in [3.8, 4) is 11.5 Å². The zero-order valence-corrected chi connectivity index (χ0v) is 15.6. The molecule has 3 rings (SSSR count). The molecule has 0 atom stereocenters. The summed E-state index contributed by atoms with van der Waals surface area (Å²) in [6, 6.07) is 19.6. The first-order valence-corrected chi connectivity index (χ1v) is 8.87. The molecule has 0 amide bonds. The van der Waals surface area contributed by atoms with Crippen molar-refractivity contribution >= 4 is 11.8 Å². The number of rotatable bonds is 9. The number of ether oxygens (including phenoxy) is 2. The van der Waals surface area contributed by atoms with E-state index in [0.29, 0.717) is 25.6 Å². The molecule has 0 aliphatic carbocycles. The molecule has 3 aromatic rings. The number of nitrogens with one attached hydrogen (secondary N) is 2. The van der Waals surface area contributed by atoms with Crippen molar-refractivity contribution in [3.05, 3.63) is 71.9 Å². The Morgan fingerprint density at radius 1 is 0.889 bits per heavy atom. The predicted octanol–water partition coefficient (Wildman–Crippen LogP) is 3.90. The molecule has 27 heavy (non-hydrogen) atoms. The quantitative estimate of drug-likeness (QED) is 0.561. The zero-order valence-electron chi connectivity index (χ0n) is 15.6. The minimum atomic E-state index is 0.530. The van der Waals surface area contributed by atoms with E-state index >= 15 is 0 Å². The molecule has 0 bridgehead atoms. The van der Waals surface area contributed by atoms with Crippen LogP contribution >= 0.6 is 0 Å². The highest BCUT2D eigenvalue weighted by Crippen LogP contribution is 2.17. The summed E-state index contributed by atoms with van der Waals surface area (Å²) in [6.45, 7) is 3.81. The molecule has 0 aliphatic heterocycles. The lowest BCUT2D eigenvalue weighted by Crippen LogP contribution is -2.14. The van der Waals surface area contributed by atoms with Crippen molar-refractivity contribution in [2.24, 2.45) is 0 Å². The van der Waals surface area contributed by atoms with Crippen molar-refractivity contribution in [1.82, 2.24) is 9.97 Å². The summed E-state index contributed by atoms with van der Waals surface area (Å²) in [6.07, 6.45) is 0. The standard InChI is InChI=1S/C21H24N4O2/c1-16-14-20(22-12-13-27-19-10-8-18(26-2)9-11-19)25-21(24-16)23-15-17-6-4-3-5-7-17/h3-11,14H,12-13,15H2,1-2H3,(H2,22,23,24,25). The van der Waals surface area contributed by atoms with Gasteiger partial charge in [-0.05, 0) is 36.8 Å². The van der Waals surface area contributed by atoms with Crippen molar-refractivity contribution < 1.29 is 9.47 Å². The van der Waals surface area contributed by atoms with E-state index in [1.807, 2.05) is 55.5 Å². The molecule has 0 spiro atoms. The Hall–Kier alpha value is -3.28. The van der Waals surface area contributed by atoms with E-state index in [9.17, 15) is 0 Å². The molecule has 6 heteroatoms. The Morgan fingerprint density at radius 3 is 2.37 bits per heavy atom. The van der Waals surface area contributed by atoms with E-state index in [0.717, 1.165) is 23.0 Å². The van der Waals surface area contributed by atoms with Crippen LogP contribution in [-0.4, -0.2) is 30.2 Å². The Bertz CT molecular complexity index is 839. The van der Waals surface area contributed by atoms with Crippen LogP contribution in [0.4, 0.5) is 11.8 Å². The van der Waals surface area contributed by atoms with Gasteiger partial charge < -0.3 is 20.1 Å². The smallest absolute Gasteiger partial charge is 0.225 e. The number of nitrogens with zero attached hydrogens (tertiary/aromatic N) is 2. The van der Waals surface area contributed by atoms with Crippen LogP contribution in [0, 0.1) is 6.92 Å². The fourth-order valence-electron chi connectivity index (χ4n) is 2.54. The summed E-state index contributed by atoms with van der Waals surface area (Å²) in [5, 5.41) is 6.54. The van der Waals surface area contributed by atoms with Gasteiger partial charge in [0.1, 0.15) is 23.9 Å². The number of hydrogen-bond acceptors (Lipinski definition) is 6. The van der Waals surface area contributed by atoms with Crippen LogP contribution in [0.5, 0.6) is 11.5 Å². The van der Waals surface area contributed by atoms with Gasteiger partial charge in [-0.15, -0.1) is 0 Å². The monoisotopic (exact) mass is 364 g/mol. The number of anilines is 2. The Morgan fingerprint density at radius 2 is 1.63 bits per heavy atom. The van der Waals surface area contributed by atoms with Gasteiger partial charge in [-0.1, -0.05) is 30.3 Å². The van der Waals surface area contributed by atoms with Gasteiger partial charge in [0.2, 0.25) is 5.95 Å². The van der Waals surface area contributed by atoms with Crippen molar-refractivity contribution in [2.75, 3.05) is 30.9 Å². The van der Waals surface area contributed by atoms with Gasteiger partial charge in [0, 0.05) is 18.3 Å². The van der Waals surface area contributed by atoms with E-state index < -0.39 is 0 Å². The summed E-state index contributed by atoms with van der Waals surface area (Å²) in [5.74, 6) is 3.00. The van der Waals surface area contributed by atoms with Crippen LogP contribution in [0.2, 0.25) is 0 Å². The maximum atomic E-state index is 5.72. The Balaban J connectivity index is 1.48. The van der Waals surface area contributed by atoms with Crippen molar-refractivity contribution in [3.63, 3.8) is 0 Å². The van der Waals surface area contributed by atoms with Gasteiger partial charge in [0.25, 0.3) is 0 Å². The van der Waals surface area contributed by atoms with E-state index in [1.54, 1.807) is 7.11 Å². The molecule has 0 radical (unpaired) electrons. The van der Waals surface area contributed by atoms with Crippen molar-refractivity contribution in [2.45, 2.75) is 13.5 Å². The van der Waals surface area contributed by atoms with Crippen LogP contribution in [0.3, 0.4) is 0 Å². The Kier molecular flexibility index (Phi) is 6.46. The SMILES string of the molecule is COc1ccc(OCCNc2cc(C)nc(NCc3ccccc3)n2)cc1. The normalized spacial score (nSPS) is 10.3. The lowest BCUT2D eigenvalue weighted by Gasteiger charge is -2.11. The lowest BCUT2D eigenvalue weighted by molar-refractivity contribution is 0.331. The molecule has 0 aliphatic rings. The molecule has 2 aromatic carbocycles. The first-order chi connectivity index (χ1) is 13.2. The third kappa shape index (κ3) is 5.88. The minimum absolute atomic E-state index is 0.530. The van der Waals surface area contributed by atoms with Gasteiger partial charge in [-0.3, -0.25) is 0 Å². The minimum Gasteiger partial charge on any atom is -0.497 e. The molecular formula is C21H24N4O2. The lowest BCUT2D eigenvalue weighted by atomic mass is 10.2. The molecule has 1 heterocycles. The first-order valence-electron chi connectivity index (χ1n) is 8.87. The largest absolute Gasteiger partial charge is 0.497 e. The molecule has 0 saturated heterocycles. The van der Waals surface area contributed by atoms with Crippen LogP contribution in [0.25, 0.3) is 0 Å². The summed E-state index contributed by atoms with van der Waals surface area (Å²) in [7, 11) is 1.65. The summed E-state index contributed by atoms with van der Waals surface area (Å²) < 4.78 is 10.9. The van der Waals surface area contributed by atoms with E-state index in [-0.39, 0.29) is 0 Å². The predicted molar refractivity (Wildman–Crippen MR) is 108 cm³/mol.